The van der Waals surface area contributed by atoms with Crippen LogP contribution < -0.4 is 14.9 Å². The third kappa shape index (κ3) is 4.04. The van der Waals surface area contributed by atoms with Crippen molar-refractivity contribution in [1.82, 2.24) is 5.43 Å². The van der Waals surface area contributed by atoms with Crippen LogP contribution in [0.1, 0.15) is 5.56 Å². The summed E-state index contributed by atoms with van der Waals surface area (Å²) in [6.45, 7) is -0.127. The van der Waals surface area contributed by atoms with Gasteiger partial charge in [0.25, 0.3) is 5.91 Å². The summed E-state index contributed by atoms with van der Waals surface area (Å²) in [6.07, 6.45) is 1.59. The van der Waals surface area contributed by atoms with Crippen molar-refractivity contribution >= 4 is 33.7 Å². The molecule has 0 aliphatic carbocycles. The molecule has 4 rings (SSSR count). The Morgan fingerprint density at radius 1 is 0.862 bits per heavy atom. The molecule has 0 aliphatic rings. The Balaban J connectivity index is 1.45. The minimum atomic E-state index is -0.339. The molecule has 0 bridgehead atoms. The molecule has 0 saturated heterocycles. The third-order valence-electron chi connectivity index (χ3n) is 4.64. The Bertz CT molecular complexity index is 1200. The second-order valence-electron chi connectivity index (χ2n) is 6.46. The average molecular weight is 384 g/mol. The monoisotopic (exact) mass is 384 g/mol. The van der Waals surface area contributed by atoms with Crippen LogP contribution in [0.4, 0.5) is 0 Å². The standard InChI is InChI=1S/C24H20N2O3/c1-28-22-14-13-18-8-2-4-10-19(18)21(22)15-25-26-24(27)16-29-23-12-6-9-17-7-3-5-11-20(17)23/h2-15H,16H2,1H3,(H,26,27). The average Bonchev–Trinajstić information content (AvgIpc) is 2.77. The lowest BCUT2D eigenvalue weighted by Crippen LogP contribution is -2.24. The number of amides is 1. The zero-order valence-electron chi connectivity index (χ0n) is 16.0. The Morgan fingerprint density at radius 2 is 1.55 bits per heavy atom. The van der Waals surface area contributed by atoms with Gasteiger partial charge in [0.2, 0.25) is 0 Å². The van der Waals surface area contributed by atoms with Gasteiger partial charge in [0.15, 0.2) is 6.61 Å². The number of nitrogens with one attached hydrogen (secondary N) is 1. The molecule has 5 nitrogen and oxygen atoms in total. The number of carbonyl (C=O) groups is 1. The molecule has 144 valence electrons. The van der Waals surface area contributed by atoms with Crippen molar-refractivity contribution < 1.29 is 14.3 Å². The molecule has 5 heteroatoms. The fourth-order valence-corrected chi connectivity index (χ4v) is 3.25. The fraction of sp³-hybridized carbons (Fsp3) is 0.0833. The number of benzene rings is 4. The predicted octanol–water partition coefficient (Wildman–Crippen LogP) is 4.53. The number of rotatable bonds is 6. The number of carbonyl (C=O) groups excluding carboxylic acids is 1. The molecule has 0 unspecified atom stereocenters. The maximum atomic E-state index is 12.2. The predicted molar refractivity (Wildman–Crippen MR) is 116 cm³/mol. The number of hydrazone groups is 1. The maximum absolute atomic E-state index is 12.2. The summed E-state index contributed by atoms with van der Waals surface area (Å²) in [5.74, 6) is 1.01. The first kappa shape index (κ1) is 18.5. The number of ether oxygens (including phenoxy) is 2. The van der Waals surface area contributed by atoms with Crippen LogP contribution in [0, 0.1) is 0 Å². The molecule has 0 heterocycles. The Hall–Kier alpha value is -3.86. The molecule has 0 atom stereocenters. The van der Waals surface area contributed by atoms with Gasteiger partial charge in [0.05, 0.1) is 13.3 Å². The second-order valence-corrected chi connectivity index (χ2v) is 6.46. The van der Waals surface area contributed by atoms with E-state index in [0.29, 0.717) is 11.5 Å². The lowest BCUT2D eigenvalue weighted by Gasteiger charge is -2.09. The van der Waals surface area contributed by atoms with Crippen LogP contribution in [0.15, 0.2) is 84.0 Å². The number of fused-ring (bicyclic) bond motifs is 2. The molecule has 4 aromatic rings. The van der Waals surface area contributed by atoms with Crippen LogP contribution in [-0.4, -0.2) is 25.8 Å². The molecule has 0 fully saturated rings. The van der Waals surface area contributed by atoms with Gasteiger partial charge in [-0.2, -0.15) is 5.10 Å². The molecule has 4 aromatic carbocycles. The number of methoxy groups -OCH3 is 1. The molecule has 1 N–H and O–H groups in total. The van der Waals surface area contributed by atoms with Gasteiger partial charge < -0.3 is 9.47 Å². The van der Waals surface area contributed by atoms with Crippen molar-refractivity contribution in [3.8, 4) is 11.5 Å². The summed E-state index contributed by atoms with van der Waals surface area (Å²) in [5, 5.41) is 8.18. The number of nitrogens with zero attached hydrogens (tertiary/aromatic N) is 1. The zero-order valence-corrected chi connectivity index (χ0v) is 16.0. The van der Waals surface area contributed by atoms with Gasteiger partial charge in [0.1, 0.15) is 11.5 Å². The highest BCUT2D eigenvalue weighted by molar-refractivity contribution is 6.02. The first-order valence-corrected chi connectivity index (χ1v) is 9.24. The van der Waals surface area contributed by atoms with E-state index in [1.807, 2.05) is 78.9 Å². The summed E-state index contributed by atoms with van der Waals surface area (Å²) in [7, 11) is 1.61. The molecule has 1 amide bonds. The fourth-order valence-electron chi connectivity index (χ4n) is 3.25. The Labute approximate surface area is 168 Å². The quantitative estimate of drug-likeness (QED) is 0.392. The van der Waals surface area contributed by atoms with E-state index in [1.165, 1.54) is 0 Å². The van der Waals surface area contributed by atoms with Gasteiger partial charge in [-0.15, -0.1) is 0 Å². The van der Waals surface area contributed by atoms with Crippen molar-refractivity contribution in [2.24, 2.45) is 5.10 Å². The number of hydrogen-bond donors (Lipinski definition) is 1. The highest BCUT2D eigenvalue weighted by Crippen LogP contribution is 2.26. The summed E-state index contributed by atoms with van der Waals surface area (Å²) < 4.78 is 11.1. The molecule has 0 radical (unpaired) electrons. The van der Waals surface area contributed by atoms with Gasteiger partial charge in [-0.3, -0.25) is 4.79 Å². The number of hydrogen-bond acceptors (Lipinski definition) is 4. The van der Waals surface area contributed by atoms with E-state index in [-0.39, 0.29) is 12.5 Å². The van der Waals surface area contributed by atoms with Crippen LogP contribution in [-0.2, 0) is 4.79 Å². The first-order chi connectivity index (χ1) is 14.3. The lowest BCUT2D eigenvalue weighted by molar-refractivity contribution is -0.123. The summed E-state index contributed by atoms with van der Waals surface area (Å²) >= 11 is 0. The minimum absolute atomic E-state index is 0.127. The van der Waals surface area contributed by atoms with Crippen molar-refractivity contribution in [2.75, 3.05) is 13.7 Å². The Morgan fingerprint density at radius 3 is 2.34 bits per heavy atom. The van der Waals surface area contributed by atoms with E-state index in [1.54, 1.807) is 13.3 Å². The minimum Gasteiger partial charge on any atom is -0.496 e. The van der Waals surface area contributed by atoms with Crippen LogP contribution in [0.25, 0.3) is 21.5 Å². The van der Waals surface area contributed by atoms with Crippen LogP contribution in [0.3, 0.4) is 0 Å². The largest absolute Gasteiger partial charge is 0.496 e. The topological polar surface area (TPSA) is 59.9 Å². The van der Waals surface area contributed by atoms with Gasteiger partial charge in [-0.25, -0.2) is 5.43 Å². The van der Waals surface area contributed by atoms with Crippen molar-refractivity contribution in [3.05, 3.63) is 84.4 Å². The van der Waals surface area contributed by atoms with Gasteiger partial charge >= 0.3 is 0 Å². The smallest absolute Gasteiger partial charge is 0.277 e. The SMILES string of the molecule is COc1ccc2ccccc2c1C=NNC(=O)COc1cccc2ccccc12. The van der Waals surface area contributed by atoms with E-state index in [9.17, 15) is 4.79 Å². The Kier molecular flexibility index (Phi) is 5.38. The van der Waals surface area contributed by atoms with Gasteiger partial charge in [0, 0.05) is 10.9 Å². The van der Waals surface area contributed by atoms with E-state index in [0.717, 1.165) is 27.1 Å². The molecule has 29 heavy (non-hydrogen) atoms. The van der Waals surface area contributed by atoms with E-state index < -0.39 is 0 Å². The summed E-state index contributed by atoms with van der Waals surface area (Å²) in [4.78, 5) is 12.2. The van der Waals surface area contributed by atoms with E-state index in [2.05, 4.69) is 10.5 Å². The zero-order chi connectivity index (χ0) is 20.1. The van der Waals surface area contributed by atoms with Crippen molar-refractivity contribution in [2.45, 2.75) is 0 Å². The second kappa shape index (κ2) is 8.44. The molecule has 0 saturated carbocycles. The van der Waals surface area contributed by atoms with Crippen LogP contribution >= 0.6 is 0 Å². The lowest BCUT2D eigenvalue weighted by atomic mass is 10.0. The molecular formula is C24H20N2O3. The summed E-state index contributed by atoms with van der Waals surface area (Å²) in [5.41, 5.74) is 3.32. The van der Waals surface area contributed by atoms with Gasteiger partial charge in [-0.05, 0) is 28.3 Å². The van der Waals surface area contributed by atoms with Crippen LogP contribution in [0.2, 0.25) is 0 Å². The van der Waals surface area contributed by atoms with E-state index in [4.69, 9.17) is 9.47 Å². The molecule has 0 aliphatic heterocycles. The van der Waals surface area contributed by atoms with Crippen molar-refractivity contribution in [1.29, 1.82) is 0 Å². The van der Waals surface area contributed by atoms with Crippen LogP contribution in [0.5, 0.6) is 11.5 Å². The normalized spacial score (nSPS) is 11.1. The molecule has 0 aromatic heterocycles. The first-order valence-electron chi connectivity index (χ1n) is 9.24. The van der Waals surface area contributed by atoms with E-state index >= 15 is 0 Å². The van der Waals surface area contributed by atoms with Crippen molar-refractivity contribution in [3.63, 3.8) is 0 Å². The highest BCUT2D eigenvalue weighted by atomic mass is 16.5. The third-order valence-corrected chi connectivity index (χ3v) is 4.64. The maximum Gasteiger partial charge on any atom is 0.277 e. The summed E-state index contributed by atoms with van der Waals surface area (Å²) in [6, 6.07) is 25.4. The van der Waals surface area contributed by atoms with Gasteiger partial charge in [-0.1, -0.05) is 66.7 Å². The highest BCUT2D eigenvalue weighted by Gasteiger charge is 2.07. The molecule has 0 spiro atoms. The molecular weight excluding hydrogens is 364 g/mol.